The highest BCUT2D eigenvalue weighted by atomic mass is 15.4. The van der Waals surface area contributed by atoms with Gasteiger partial charge in [0.2, 0.25) is 0 Å². The van der Waals surface area contributed by atoms with E-state index in [1.54, 1.807) is 0 Å². The van der Waals surface area contributed by atoms with Gasteiger partial charge in [-0.1, -0.05) is 32.9 Å². The van der Waals surface area contributed by atoms with Crippen LogP contribution in [0.25, 0.3) is 0 Å². The molecule has 0 N–H and O–H groups in total. The van der Waals surface area contributed by atoms with Crippen LogP contribution in [0.4, 0.5) is 0 Å². The van der Waals surface area contributed by atoms with Crippen LogP contribution < -0.4 is 0 Å². The van der Waals surface area contributed by atoms with Crippen molar-refractivity contribution in [3.05, 3.63) is 11.9 Å². The summed E-state index contributed by atoms with van der Waals surface area (Å²) in [5.74, 6) is 1.53. The van der Waals surface area contributed by atoms with Crippen LogP contribution in [0.3, 0.4) is 0 Å². The molecule has 0 unspecified atom stereocenters. The zero-order valence-corrected chi connectivity index (χ0v) is 11.1. The monoisotopic (exact) mass is 223 g/mol. The fourth-order valence-electron chi connectivity index (χ4n) is 1.75. The van der Waals surface area contributed by atoms with E-state index in [9.17, 15) is 0 Å². The normalized spacial score (nSPS) is 11.6. The van der Waals surface area contributed by atoms with Crippen molar-refractivity contribution in [2.45, 2.75) is 59.9 Å². The Labute approximate surface area is 99.2 Å². The van der Waals surface area contributed by atoms with Crippen molar-refractivity contribution >= 4 is 0 Å². The summed E-state index contributed by atoms with van der Waals surface area (Å²) in [6, 6.07) is 0. The summed E-state index contributed by atoms with van der Waals surface area (Å²) in [5.41, 5.74) is 1.29. The predicted octanol–water partition coefficient (Wildman–Crippen LogP) is 3.30. The fourth-order valence-corrected chi connectivity index (χ4v) is 1.75. The van der Waals surface area contributed by atoms with E-state index in [0.717, 1.165) is 24.8 Å². The maximum Gasteiger partial charge on any atom is 0.0725 e. The molecule has 1 aromatic heterocycles. The topological polar surface area (TPSA) is 30.7 Å². The zero-order valence-electron chi connectivity index (χ0n) is 11.1. The SMILES string of the molecule is CC(C)CCCn1nncc1CCC(C)C. The minimum atomic E-state index is 0.749. The molecule has 1 rings (SSSR count). The molecule has 0 saturated heterocycles. The van der Waals surface area contributed by atoms with E-state index in [1.807, 2.05) is 6.20 Å². The van der Waals surface area contributed by atoms with Gasteiger partial charge < -0.3 is 0 Å². The molecule has 92 valence electrons. The molecule has 0 fully saturated rings. The van der Waals surface area contributed by atoms with Crippen LogP contribution in [0, 0.1) is 11.8 Å². The molecule has 1 heterocycles. The highest BCUT2D eigenvalue weighted by molar-refractivity contribution is 4.94. The highest BCUT2D eigenvalue weighted by Crippen LogP contribution is 2.10. The van der Waals surface area contributed by atoms with E-state index in [2.05, 4.69) is 42.7 Å². The first-order valence-corrected chi connectivity index (χ1v) is 6.47. The predicted molar refractivity (Wildman–Crippen MR) is 67.3 cm³/mol. The first-order valence-electron chi connectivity index (χ1n) is 6.47. The van der Waals surface area contributed by atoms with E-state index in [1.165, 1.54) is 25.0 Å². The second kappa shape index (κ2) is 6.66. The average Bonchev–Trinajstić information content (AvgIpc) is 2.62. The lowest BCUT2D eigenvalue weighted by molar-refractivity contribution is 0.466. The number of rotatable bonds is 7. The maximum absolute atomic E-state index is 4.16. The number of aryl methyl sites for hydroxylation is 2. The summed E-state index contributed by atoms with van der Waals surface area (Å²) in [7, 11) is 0. The first-order chi connectivity index (χ1) is 7.59. The molecule has 0 aliphatic rings. The van der Waals surface area contributed by atoms with Crippen LogP contribution in [0.2, 0.25) is 0 Å². The second-order valence-corrected chi connectivity index (χ2v) is 5.42. The zero-order chi connectivity index (χ0) is 12.0. The molecule has 0 amide bonds. The molecule has 0 spiro atoms. The standard InChI is InChI=1S/C13H25N3/c1-11(2)6-5-9-16-13(10-14-15-16)8-7-12(3)4/h10-12H,5-9H2,1-4H3. The van der Waals surface area contributed by atoms with Crippen LogP contribution in [-0.4, -0.2) is 15.0 Å². The second-order valence-electron chi connectivity index (χ2n) is 5.42. The molecule has 3 nitrogen and oxygen atoms in total. The summed E-state index contributed by atoms with van der Waals surface area (Å²) >= 11 is 0. The van der Waals surface area contributed by atoms with Gasteiger partial charge in [0.25, 0.3) is 0 Å². The molecule has 0 aliphatic heterocycles. The molecule has 0 aliphatic carbocycles. The minimum absolute atomic E-state index is 0.749. The maximum atomic E-state index is 4.16. The van der Waals surface area contributed by atoms with E-state index in [-0.39, 0.29) is 0 Å². The molecule has 0 radical (unpaired) electrons. The Morgan fingerprint density at radius 2 is 1.81 bits per heavy atom. The lowest BCUT2D eigenvalue weighted by Crippen LogP contribution is -2.07. The Kier molecular flexibility index (Phi) is 5.50. The molecule has 0 atom stereocenters. The number of aromatic nitrogens is 3. The van der Waals surface area contributed by atoms with Gasteiger partial charge in [0.05, 0.1) is 11.9 Å². The Morgan fingerprint density at radius 1 is 1.12 bits per heavy atom. The van der Waals surface area contributed by atoms with Crippen molar-refractivity contribution in [3.8, 4) is 0 Å². The van der Waals surface area contributed by atoms with Crippen LogP contribution in [0.5, 0.6) is 0 Å². The lowest BCUT2D eigenvalue weighted by atomic mass is 10.1. The van der Waals surface area contributed by atoms with Gasteiger partial charge in [0.1, 0.15) is 0 Å². The number of hydrogen-bond acceptors (Lipinski definition) is 2. The van der Waals surface area contributed by atoms with E-state index < -0.39 is 0 Å². The third-order valence-corrected chi connectivity index (χ3v) is 2.83. The Morgan fingerprint density at radius 3 is 2.44 bits per heavy atom. The smallest absolute Gasteiger partial charge is 0.0725 e. The van der Waals surface area contributed by atoms with Gasteiger partial charge in [0, 0.05) is 6.54 Å². The summed E-state index contributed by atoms with van der Waals surface area (Å²) < 4.78 is 2.07. The van der Waals surface area contributed by atoms with Gasteiger partial charge in [0.15, 0.2) is 0 Å². The Balaban J connectivity index is 2.38. The summed E-state index contributed by atoms with van der Waals surface area (Å²) in [4.78, 5) is 0. The van der Waals surface area contributed by atoms with Gasteiger partial charge in [-0.15, -0.1) is 5.10 Å². The van der Waals surface area contributed by atoms with Crippen molar-refractivity contribution in [2.24, 2.45) is 11.8 Å². The third kappa shape index (κ3) is 4.77. The quantitative estimate of drug-likeness (QED) is 0.710. The van der Waals surface area contributed by atoms with Gasteiger partial charge in [-0.3, -0.25) is 0 Å². The lowest BCUT2D eigenvalue weighted by Gasteiger charge is -2.08. The molecule has 16 heavy (non-hydrogen) atoms. The molecule has 0 bridgehead atoms. The van der Waals surface area contributed by atoms with Crippen LogP contribution >= 0.6 is 0 Å². The molecule has 1 aromatic rings. The van der Waals surface area contributed by atoms with E-state index in [0.29, 0.717) is 0 Å². The van der Waals surface area contributed by atoms with E-state index >= 15 is 0 Å². The van der Waals surface area contributed by atoms with Crippen LogP contribution in [0.15, 0.2) is 6.20 Å². The third-order valence-electron chi connectivity index (χ3n) is 2.83. The van der Waals surface area contributed by atoms with Crippen molar-refractivity contribution in [2.75, 3.05) is 0 Å². The number of hydrogen-bond donors (Lipinski definition) is 0. The fraction of sp³-hybridized carbons (Fsp3) is 0.846. The highest BCUT2D eigenvalue weighted by Gasteiger charge is 2.05. The largest absolute Gasteiger partial charge is 0.249 e. The summed E-state index contributed by atoms with van der Waals surface area (Å²) in [6.45, 7) is 10.1. The van der Waals surface area contributed by atoms with Gasteiger partial charge in [-0.05, 0) is 37.5 Å². The minimum Gasteiger partial charge on any atom is -0.249 e. The van der Waals surface area contributed by atoms with Crippen molar-refractivity contribution in [1.82, 2.24) is 15.0 Å². The van der Waals surface area contributed by atoms with E-state index in [4.69, 9.17) is 0 Å². The Bertz CT molecular complexity index is 289. The number of nitrogens with zero attached hydrogens (tertiary/aromatic N) is 3. The van der Waals surface area contributed by atoms with Crippen molar-refractivity contribution in [1.29, 1.82) is 0 Å². The molecule has 0 saturated carbocycles. The molecular weight excluding hydrogens is 198 g/mol. The molecule has 3 heteroatoms. The van der Waals surface area contributed by atoms with Gasteiger partial charge in [-0.25, -0.2) is 4.68 Å². The van der Waals surface area contributed by atoms with Gasteiger partial charge >= 0.3 is 0 Å². The Hall–Kier alpha value is -0.860. The van der Waals surface area contributed by atoms with Crippen LogP contribution in [-0.2, 0) is 13.0 Å². The molecular formula is C13H25N3. The van der Waals surface area contributed by atoms with Gasteiger partial charge in [-0.2, -0.15) is 0 Å². The van der Waals surface area contributed by atoms with Crippen LogP contribution in [0.1, 0.15) is 52.7 Å². The van der Waals surface area contributed by atoms with Crippen molar-refractivity contribution < 1.29 is 0 Å². The average molecular weight is 223 g/mol. The first kappa shape index (κ1) is 13.2. The summed E-state index contributed by atoms with van der Waals surface area (Å²) in [6.07, 6.45) is 6.71. The molecule has 0 aromatic carbocycles. The summed E-state index contributed by atoms with van der Waals surface area (Å²) in [5, 5.41) is 8.17. The van der Waals surface area contributed by atoms with Crippen molar-refractivity contribution in [3.63, 3.8) is 0 Å².